The van der Waals surface area contributed by atoms with Crippen molar-refractivity contribution >= 4 is 35.2 Å². The molecule has 2 rings (SSSR count). The van der Waals surface area contributed by atoms with Crippen molar-refractivity contribution in [1.82, 2.24) is 21.3 Å². The van der Waals surface area contributed by atoms with Gasteiger partial charge in [-0.2, -0.15) is 0 Å². The van der Waals surface area contributed by atoms with Crippen LogP contribution in [0, 0.1) is 0 Å². The summed E-state index contributed by atoms with van der Waals surface area (Å²) in [6.45, 7) is 6.36. The van der Waals surface area contributed by atoms with Crippen LogP contribution in [0.3, 0.4) is 0 Å². The first kappa shape index (κ1) is 39.2. The molecular formula is C32H50N10O6. The molecule has 1 aromatic carbocycles. The minimum absolute atomic E-state index is 0.0997. The molecule has 0 radical (unpaired) electrons. The number of hydrogen-bond acceptors (Lipinski definition) is 10. The number of aliphatic imine (C=N–C) groups is 1. The minimum Gasteiger partial charge on any atom is -0.508 e. The third-order valence-electron chi connectivity index (χ3n) is 7.60. The molecule has 2 bridgehead atoms. The van der Waals surface area contributed by atoms with E-state index in [4.69, 9.17) is 28.7 Å². The van der Waals surface area contributed by atoms with E-state index in [2.05, 4.69) is 32.8 Å². The fraction of sp³-hybridized carbons (Fsp3) is 0.469. The summed E-state index contributed by atoms with van der Waals surface area (Å²) in [6.07, 6.45) is 3.73. The second-order valence-electron chi connectivity index (χ2n) is 11.5. The van der Waals surface area contributed by atoms with E-state index in [0.717, 1.165) is 0 Å². The molecule has 48 heavy (non-hydrogen) atoms. The fourth-order valence-electron chi connectivity index (χ4n) is 4.81. The van der Waals surface area contributed by atoms with Crippen molar-refractivity contribution in [3.05, 3.63) is 59.4 Å². The van der Waals surface area contributed by atoms with Gasteiger partial charge in [0.15, 0.2) is 5.96 Å². The number of nitrogens with two attached hydrogens (primary N) is 5. The zero-order chi connectivity index (χ0) is 35.8. The number of carbonyl (C=O) groups is 4. The number of aromatic hydroxyl groups is 1. The summed E-state index contributed by atoms with van der Waals surface area (Å²) in [5.74, 6) is -3.05. The van der Waals surface area contributed by atoms with Crippen LogP contribution in [0.4, 0.5) is 0 Å². The Morgan fingerprint density at radius 1 is 1.06 bits per heavy atom. The predicted molar refractivity (Wildman–Crippen MR) is 184 cm³/mol. The molecule has 4 amide bonds. The van der Waals surface area contributed by atoms with Gasteiger partial charge in [0, 0.05) is 26.1 Å². The number of amides is 4. The van der Waals surface area contributed by atoms with E-state index in [1.165, 1.54) is 12.1 Å². The maximum Gasteiger partial charge on any atom is 0.243 e. The molecule has 4 atom stereocenters. The Hall–Kier alpha value is -4.93. The number of nitrogens with one attached hydrogen (secondary N) is 4. The van der Waals surface area contributed by atoms with Gasteiger partial charge < -0.3 is 60.1 Å². The Kier molecular flexibility index (Phi) is 16.1. The molecule has 1 aliphatic rings. The van der Waals surface area contributed by atoms with Gasteiger partial charge in [0.25, 0.3) is 0 Å². The number of guanidine groups is 1. The number of rotatable bonds is 12. The van der Waals surface area contributed by atoms with Gasteiger partial charge >= 0.3 is 0 Å². The van der Waals surface area contributed by atoms with E-state index >= 15 is 0 Å². The van der Waals surface area contributed by atoms with Crippen molar-refractivity contribution in [2.75, 3.05) is 26.2 Å². The van der Waals surface area contributed by atoms with Gasteiger partial charge in [-0.15, -0.1) is 0 Å². The van der Waals surface area contributed by atoms with Crippen molar-refractivity contribution < 1.29 is 29.4 Å². The number of aliphatic hydroxyl groups is 1. The molecule has 16 nitrogen and oxygen atoms in total. The van der Waals surface area contributed by atoms with Crippen molar-refractivity contribution in [2.45, 2.75) is 69.6 Å². The molecule has 0 saturated carbocycles. The highest BCUT2D eigenvalue weighted by Gasteiger charge is 2.31. The summed E-state index contributed by atoms with van der Waals surface area (Å²) in [7, 11) is 0. The number of hydrogen-bond donors (Lipinski definition) is 11. The molecule has 0 saturated heterocycles. The number of fused-ring (bicyclic) bond motifs is 2. The summed E-state index contributed by atoms with van der Waals surface area (Å²) in [4.78, 5) is 57.5. The zero-order valence-electron chi connectivity index (χ0n) is 27.3. The first-order valence-corrected chi connectivity index (χ1v) is 15.7. The molecule has 1 aliphatic heterocycles. The van der Waals surface area contributed by atoms with Crippen LogP contribution in [0.2, 0.25) is 0 Å². The van der Waals surface area contributed by atoms with Crippen LogP contribution in [0.25, 0.3) is 5.57 Å². The normalized spacial score (nSPS) is 22.0. The second kappa shape index (κ2) is 19.7. The van der Waals surface area contributed by atoms with Gasteiger partial charge in [0.2, 0.25) is 23.6 Å². The van der Waals surface area contributed by atoms with Crippen LogP contribution in [0.5, 0.6) is 5.75 Å². The maximum absolute atomic E-state index is 13.9. The Labute approximate surface area is 280 Å². The van der Waals surface area contributed by atoms with Crippen LogP contribution in [0.15, 0.2) is 53.3 Å². The van der Waals surface area contributed by atoms with Gasteiger partial charge in [-0.05, 0) is 86.1 Å². The number of nitrogens with zero attached hydrogens (tertiary/aromatic N) is 1. The Balaban J connectivity index is 2.57. The molecule has 16 heteroatoms. The van der Waals surface area contributed by atoms with E-state index in [1.54, 1.807) is 25.1 Å². The molecule has 0 aliphatic carbocycles. The third kappa shape index (κ3) is 12.7. The Morgan fingerprint density at radius 2 is 1.79 bits per heavy atom. The SMILES string of the molecule is C=C1C[C@H](N)C(=O)N[C@@H](CCCN)C(=O)N[C@H](C(=O)NC(CCCN=C(N)N)C(=O)NCCN)Cc2cc(ccc2O)/C(C)=C/C=C\1O. The largest absolute Gasteiger partial charge is 0.508 e. The molecule has 1 unspecified atom stereocenters. The maximum atomic E-state index is 13.9. The summed E-state index contributed by atoms with van der Waals surface area (Å²) in [6, 6.07) is 0.115. The van der Waals surface area contributed by atoms with Crippen LogP contribution in [0.1, 0.15) is 50.2 Å². The number of benzene rings is 1. The van der Waals surface area contributed by atoms with Crippen LogP contribution < -0.4 is 49.9 Å². The number of allylic oxidation sites excluding steroid dienone is 4. The highest BCUT2D eigenvalue weighted by atomic mass is 16.3. The Bertz CT molecular complexity index is 1410. The Morgan fingerprint density at radius 3 is 2.46 bits per heavy atom. The van der Waals surface area contributed by atoms with Gasteiger partial charge in [-0.1, -0.05) is 18.7 Å². The smallest absolute Gasteiger partial charge is 0.243 e. The van der Waals surface area contributed by atoms with E-state index in [-0.39, 0.29) is 74.9 Å². The number of phenols is 1. The summed E-state index contributed by atoms with van der Waals surface area (Å²) in [5.41, 5.74) is 30.0. The zero-order valence-corrected chi connectivity index (χ0v) is 27.3. The standard InChI is InChI=1S/C32H50N10O6/c1-18-7-9-26(43)19(2)15-22(35)28(45)40-24(5-3-11-33)30(47)42-25(17-21-16-20(18)8-10-27(21)44)31(48)41-23(29(46)38-14-12-34)6-4-13-39-32(36)37/h7-10,16,22-25,43-44H,2-6,11-15,17,33-35H2,1H3,(H,38,46)(H,40,45)(H,41,48)(H,42,47)(H4,36,37,39)/b18-7+,26-9+/t22-,23?,24-,25-/m0/s1. The first-order chi connectivity index (χ1) is 22.8. The first-order valence-electron chi connectivity index (χ1n) is 15.7. The predicted octanol–water partition coefficient (Wildman–Crippen LogP) is -1.61. The van der Waals surface area contributed by atoms with Crippen LogP contribution in [-0.2, 0) is 25.6 Å². The highest BCUT2D eigenvalue weighted by Crippen LogP contribution is 2.25. The van der Waals surface area contributed by atoms with Crippen molar-refractivity contribution in [1.29, 1.82) is 0 Å². The average Bonchev–Trinajstić information content (AvgIpc) is 3.05. The molecule has 0 aromatic heterocycles. The van der Waals surface area contributed by atoms with Gasteiger partial charge in [-0.25, -0.2) is 0 Å². The van der Waals surface area contributed by atoms with Crippen molar-refractivity contribution in [3.63, 3.8) is 0 Å². The van der Waals surface area contributed by atoms with Crippen LogP contribution >= 0.6 is 0 Å². The second-order valence-corrected chi connectivity index (χ2v) is 11.5. The van der Waals surface area contributed by atoms with Crippen LogP contribution in [-0.4, -0.2) is 90.1 Å². The fourth-order valence-corrected chi connectivity index (χ4v) is 4.81. The van der Waals surface area contributed by atoms with E-state index < -0.39 is 47.8 Å². The topological polar surface area (TPSA) is 299 Å². The lowest BCUT2D eigenvalue weighted by atomic mass is 9.97. The average molecular weight is 671 g/mol. The minimum atomic E-state index is -1.31. The van der Waals surface area contributed by atoms with Crippen molar-refractivity contribution in [3.8, 4) is 5.75 Å². The van der Waals surface area contributed by atoms with E-state index in [9.17, 15) is 29.4 Å². The highest BCUT2D eigenvalue weighted by molar-refractivity contribution is 5.95. The molecular weight excluding hydrogens is 620 g/mol. The molecule has 1 heterocycles. The van der Waals surface area contributed by atoms with Crippen molar-refractivity contribution in [2.24, 2.45) is 33.7 Å². The number of aliphatic hydroxyl groups excluding tert-OH is 1. The van der Waals surface area contributed by atoms with Gasteiger partial charge in [0.05, 0.1) is 6.04 Å². The lowest BCUT2D eigenvalue weighted by Crippen LogP contribution is -2.58. The molecule has 0 spiro atoms. The van der Waals surface area contributed by atoms with Gasteiger partial charge in [-0.3, -0.25) is 24.2 Å². The summed E-state index contributed by atoms with van der Waals surface area (Å²) >= 11 is 0. The molecule has 16 N–H and O–H groups in total. The van der Waals surface area contributed by atoms with E-state index in [0.29, 0.717) is 29.5 Å². The molecule has 1 aromatic rings. The van der Waals surface area contributed by atoms with E-state index in [1.807, 2.05) is 0 Å². The summed E-state index contributed by atoms with van der Waals surface area (Å²) < 4.78 is 0. The quantitative estimate of drug-likeness (QED) is 0.0683. The number of phenolic OH excluding ortho intramolecular Hbond substituents is 1. The van der Waals surface area contributed by atoms with Gasteiger partial charge in [0.1, 0.15) is 29.6 Å². The third-order valence-corrected chi connectivity index (χ3v) is 7.60. The lowest BCUT2D eigenvalue weighted by molar-refractivity contribution is -0.134. The molecule has 0 fully saturated rings. The molecule has 264 valence electrons. The number of carbonyl (C=O) groups excluding carboxylic acids is 4. The monoisotopic (exact) mass is 670 g/mol. The lowest BCUT2D eigenvalue weighted by Gasteiger charge is -2.26. The summed E-state index contributed by atoms with van der Waals surface area (Å²) in [5, 5.41) is 32.0.